The predicted molar refractivity (Wildman–Crippen MR) is 68.1 cm³/mol. The maximum Gasteiger partial charge on any atom is 0.232 e. The fourth-order valence-electron chi connectivity index (χ4n) is 1.67. The zero-order valence-corrected chi connectivity index (χ0v) is 10.7. The summed E-state index contributed by atoms with van der Waals surface area (Å²) in [5.74, 6) is 0. The minimum Gasteiger partial charge on any atom is -0.398 e. The molecule has 1 aromatic carbocycles. The van der Waals surface area contributed by atoms with Crippen LogP contribution in [0.5, 0.6) is 0 Å². The summed E-state index contributed by atoms with van der Waals surface area (Å²) in [6.45, 7) is 4.22. The Labute approximate surface area is 97.1 Å². The summed E-state index contributed by atoms with van der Waals surface area (Å²) < 4.78 is 24.4. The average molecular weight is 242 g/mol. The van der Waals surface area contributed by atoms with Gasteiger partial charge in [0.1, 0.15) is 0 Å². The average Bonchev–Trinajstić information content (AvgIpc) is 2.17. The van der Waals surface area contributed by atoms with E-state index in [0.29, 0.717) is 17.9 Å². The van der Waals surface area contributed by atoms with Crippen molar-refractivity contribution in [1.29, 1.82) is 0 Å². The lowest BCUT2D eigenvalue weighted by atomic mass is 10.1. The standard InChI is InChI=1S/C11H18N2O2S/c1-4-9-6-7-10(8-11(9)12)13(5-2)16(3,14)15/h6-8H,4-5,12H2,1-3H3. The highest BCUT2D eigenvalue weighted by Crippen LogP contribution is 2.23. The number of anilines is 2. The lowest BCUT2D eigenvalue weighted by molar-refractivity contribution is 0.598. The summed E-state index contributed by atoms with van der Waals surface area (Å²) >= 11 is 0. The second-order valence-electron chi connectivity index (χ2n) is 3.66. The predicted octanol–water partition coefficient (Wildman–Crippen LogP) is 1.62. The third-order valence-electron chi connectivity index (χ3n) is 2.49. The first-order chi connectivity index (χ1) is 7.40. The van der Waals surface area contributed by atoms with Gasteiger partial charge in [0.05, 0.1) is 11.9 Å². The van der Waals surface area contributed by atoms with Crippen LogP contribution in [0.3, 0.4) is 0 Å². The van der Waals surface area contributed by atoms with Crippen molar-refractivity contribution >= 4 is 21.4 Å². The van der Waals surface area contributed by atoms with Crippen LogP contribution in [0, 0.1) is 0 Å². The van der Waals surface area contributed by atoms with Gasteiger partial charge in [0, 0.05) is 12.2 Å². The molecule has 90 valence electrons. The van der Waals surface area contributed by atoms with Gasteiger partial charge in [-0.05, 0) is 31.0 Å². The molecule has 0 aliphatic carbocycles. The zero-order chi connectivity index (χ0) is 12.3. The van der Waals surface area contributed by atoms with Crippen LogP contribution in [-0.2, 0) is 16.4 Å². The molecule has 0 atom stereocenters. The molecule has 2 N–H and O–H groups in total. The Balaban J connectivity index is 3.18. The van der Waals surface area contributed by atoms with Gasteiger partial charge in [-0.15, -0.1) is 0 Å². The topological polar surface area (TPSA) is 63.4 Å². The smallest absolute Gasteiger partial charge is 0.232 e. The zero-order valence-electron chi connectivity index (χ0n) is 9.90. The highest BCUT2D eigenvalue weighted by atomic mass is 32.2. The number of aryl methyl sites for hydroxylation is 1. The van der Waals surface area contributed by atoms with Crippen molar-refractivity contribution in [3.05, 3.63) is 23.8 Å². The summed E-state index contributed by atoms with van der Waals surface area (Å²) in [7, 11) is -3.23. The Morgan fingerprint density at radius 3 is 2.31 bits per heavy atom. The van der Waals surface area contributed by atoms with Gasteiger partial charge in [-0.3, -0.25) is 4.31 Å². The molecule has 1 rings (SSSR count). The first kappa shape index (κ1) is 12.8. The van der Waals surface area contributed by atoms with Crippen molar-refractivity contribution in [3.8, 4) is 0 Å². The summed E-state index contributed by atoms with van der Waals surface area (Å²) in [4.78, 5) is 0. The summed E-state index contributed by atoms with van der Waals surface area (Å²) in [6, 6.07) is 5.38. The number of nitrogens with zero attached hydrogens (tertiary/aromatic N) is 1. The Morgan fingerprint density at radius 1 is 1.31 bits per heavy atom. The Morgan fingerprint density at radius 2 is 1.94 bits per heavy atom. The van der Waals surface area contributed by atoms with Gasteiger partial charge in [0.2, 0.25) is 10.0 Å². The normalized spacial score (nSPS) is 11.4. The second-order valence-corrected chi connectivity index (χ2v) is 5.57. The molecule has 5 heteroatoms. The molecule has 0 aliphatic heterocycles. The highest BCUT2D eigenvalue weighted by Gasteiger charge is 2.15. The molecule has 0 aromatic heterocycles. The first-order valence-electron chi connectivity index (χ1n) is 5.26. The Bertz CT molecular complexity index is 469. The van der Waals surface area contributed by atoms with E-state index in [-0.39, 0.29) is 0 Å². The molecule has 0 spiro atoms. The van der Waals surface area contributed by atoms with Crippen LogP contribution < -0.4 is 10.0 Å². The van der Waals surface area contributed by atoms with Gasteiger partial charge < -0.3 is 5.73 Å². The monoisotopic (exact) mass is 242 g/mol. The molecular formula is C11H18N2O2S. The molecule has 0 bridgehead atoms. The number of rotatable bonds is 4. The van der Waals surface area contributed by atoms with Crippen LogP contribution in [0.25, 0.3) is 0 Å². The van der Waals surface area contributed by atoms with Crippen LogP contribution >= 0.6 is 0 Å². The van der Waals surface area contributed by atoms with E-state index in [1.807, 2.05) is 13.0 Å². The Hall–Kier alpha value is -1.23. The molecular weight excluding hydrogens is 224 g/mol. The molecule has 1 aromatic rings. The molecule has 0 fully saturated rings. The van der Waals surface area contributed by atoms with Crippen molar-refractivity contribution in [2.24, 2.45) is 0 Å². The number of benzene rings is 1. The summed E-state index contributed by atoms with van der Waals surface area (Å²) in [6.07, 6.45) is 2.04. The quantitative estimate of drug-likeness (QED) is 0.816. The van der Waals surface area contributed by atoms with Gasteiger partial charge in [-0.25, -0.2) is 8.42 Å². The number of nitrogens with two attached hydrogens (primary N) is 1. The largest absolute Gasteiger partial charge is 0.398 e. The SMILES string of the molecule is CCc1ccc(N(CC)S(C)(=O)=O)cc1N. The van der Waals surface area contributed by atoms with Crippen LogP contribution in [0.4, 0.5) is 11.4 Å². The minimum atomic E-state index is -3.23. The van der Waals surface area contributed by atoms with E-state index >= 15 is 0 Å². The van der Waals surface area contributed by atoms with E-state index in [0.717, 1.165) is 12.0 Å². The lowest BCUT2D eigenvalue weighted by Crippen LogP contribution is -2.29. The molecule has 0 heterocycles. The molecule has 0 aliphatic rings. The van der Waals surface area contributed by atoms with Gasteiger partial charge in [0.15, 0.2) is 0 Å². The van der Waals surface area contributed by atoms with Gasteiger partial charge in [-0.1, -0.05) is 13.0 Å². The van der Waals surface area contributed by atoms with Gasteiger partial charge in [0.25, 0.3) is 0 Å². The molecule has 0 unspecified atom stereocenters. The van der Waals surface area contributed by atoms with Crippen LogP contribution in [0.1, 0.15) is 19.4 Å². The first-order valence-corrected chi connectivity index (χ1v) is 7.11. The van der Waals surface area contributed by atoms with Crippen LogP contribution in [-0.4, -0.2) is 21.2 Å². The fourth-order valence-corrected chi connectivity index (χ4v) is 2.63. The molecule has 4 nitrogen and oxygen atoms in total. The van der Waals surface area contributed by atoms with Crippen molar-refractivity contribution in [2.75, 3.05) is 22.8 Å². The third-order valence-corrected chi connectivity index (χ3v) is 3.76. The Kier molecular flexibility index (Phi) is 3.80. The molecule has 0 saturated heterocycles. The molecule has 0 saturated carbocycles. The minimum absolute atomic E-state index is 0.406. The van der Waals surface area contributed by atoms with E-state index in [9.17, 15) is 8.42 Å². The van der Waals surface area contributed by atoms with Crippen molar-refractivity contribution in [2.45, 2.75) is 20.3 Å². The van der Waals surface area contributed by atoms with Gasteiger partial charge >= 0.3 is 0 Å². The number of sulfonamides is 1. The number of hydrogen-bond acceptors (Lipinski definition) is 3. The van der Waals surface area contributed by atoms with E-state index in [2.05, 4.69) is 0 Å². The van der Waals surface area contributed by atoms with E-state index in [4.69, 9.17) is 5.73 Å². The third kappa shape index (κ3) is 2.66. The molecule has 0 amide bonds. The molecule has 16 heavy (non-hydrogen) atoms. The second kappa shape index (κ2) is 4.74. The number of nitrogen functional groups attached to an aromatic ring is 1. The van der Waals surface area contributed by atoms with Crippen molar-refractivity contribution in [1.82, 2.24) is 0 Å². The van der Waals surface area contributed by atoms with E-state index in [1.165, 1.54) is 10.6 Å². The van der Waals surface area contributed by atoms with E-state index < -0.39 is 10.0 Å². The van der Waals surface area contributed by atoms with Crippen LogP contribution in [0.2, 0.25) is 0 Å². The fraction of sp³-hybridized carbons (Fsp3) is 0.455. The maximum atomic E-state index is 11.5. The van der Waals surface area contributed by atoms with Crippen LogP contribution in [0.15, 0.2) is 18.2 Å². The van der Waals surface area contributed by atoms with Gasteiger partial charge in [-0.2, -0.15) is 0 Å². The molecule has 0 radical (unpaired) electrons. The summed E-state index contributed by atoms with van der Waals surface area (Å²) in [5, 5.41) is 0. The van der Waals surface area contributed by atoms with Crippen molar-refractivity contribution < 1.29 is 8.42 Å². The number of hydrogen-bond donors (Lipinski definition) is 1. The maximum absolute atomic E-state index is 11.5. The van der Waals surface area contributed by atoms with Crippen molar-refractivity contribution in [3.63, 3.8) is 0 Å². The van der Waals surface area contributed by atoms with E-state index in [1.54, 1.807) is 19.1 Å². The lowest BCUT2D eigenvalue weighted by Gasteiger charge is -2.21. The highest BCUT2D eigenvalue weighted by molar-refractivity contribution is 7.92. The summed E-state index contributed by atoms with van der Waals surface area (Å²) in [5.41, 5.74) is 8.15.